The number of aromatic amines is 1. The average Bonchev–Trinajstić information content (AvgIpc) is 3.16. The predicted molar refractivity (Wildman–Crippen MR) is 109 cm³/mol. The number of pyridine rings is 2. The Kier molecular flexibility index (Phi) is 4.13. The summed E-state index contributed by atoms with van der Waals surface area (Å²) in [5.74, 6) is 0.851. The molecule has 2 aromatic carbocycles. The number of para-hydroxylation sites is 1. The fourth-order valence-electron chi connectivity index (χ4n) is 3.43. The minimum absolute atomic E-state index is 0.00527. The number of hydrogen-bond donors (Lipinski definition) is 2. The Labute approximate surface area is 168 Å². The average molecular weight is 405 g/mol. The van der Waals surface area contributed by atoms with Crippen molar-refractivity contribution in [2.45, 2.75) is 6.18 Å². The van der Waals surface area contributed by atoms with Crippen LogP contribution in [-0.4, -0.2) is 20.2 Å². The van der Waals surface area contributed by atoms with Crippen LogP contribution in [0.4, 0.5) is 24.8 Å². The molecule has 0 spiro atoms. The third-order valence-electron chi connectivity index (χ3n) is 4.80. The van der Waals surface area contributed by atoms with E-state index in [2.05, 4.69) is 25.5 Å². The first-order valence-corrected chi connectivity index (χ1v) is 9.13. The van der Waals surface area contributed by atoms with Gasteiger partial charge in [0.25, 0.3) is 0 Å². The fourth-order valence-corrected chi connectivity index (χ4v) is 3.43. The van der Waals surface area contributed by atoms with Gasteiger partial charge in [0.2, 0.25) is 0 Å². The highest BCUT2D eigenvalue weighted by Crippen LogP contribution is 2.38. The number of alkyl halides is 3. The van der Waals surface area contributed by atoms with Gasteiger partial charge in [-0.15, -0.1) is 0 Å². The Hall–Kier alpha value is -3.94. The molecule has 5 rings (SSSR count). The van der Waals surface area contributed by atoms with Gasteiger partial charge in [-0.2, -0.15) is 18.3 Å². The van der Waals surface area contributed by atoms with Crippen molar-refractivity contribution in [1.29, 1.82) is 0 Å². The highest BCUT2D eigenvalue weighted by atomic mass is 19.4. The maximum atomic E-state index is 13.6. The lowest BCUT2D eigenvalue weighted by atomic mass is 10.0. The van der Waals surface area contributed by atoms with Crippen molar-refractivity contribution in [2.24, 2.45) is 0 Å². The Morgan fingerprint density at radius 3 is 2.53 bits per heavy atom. The smallest absolute Gasteiger partial charge is 0.321 e. The first-order valence-electron chi connectivity index (χ1n) is 9.13. The van der Waals surface area contributed by atoms with Crippen molar-refractivity contribution < 1.29 is 13.2 Å². The molecule has 148 valence electrons. The van der Waals surface area contributed by atoms with Crippen LogP contribution < -0.4 is 5.32 Å². The van der Waals surface area contributed by atoms with E-state index in [0.29, 0.717) is 22.5 Å². The SMILES string of the molecule is FC(F)(F)c1ccccc1-c1cc2cccnc2c(Nc2n[nH]c3ccccc23)n1. The van der Waals surface area contributed by atoms with Gasteiger partial charge in [-0.05, 0) is 30.3 Å². The largest absolute Gasteiger partial charge is 0.417 e. The maximum absolute atomic E-state index is 13.6. The lowest BCUT2D eigenvalue weighted by Gasteiger charge is -2.14. The summed E-state index contributed by atoms with van der Waals surface area (Å²) in [6.07, 6.45) is -2.88. The number of nitrogens with one attached hydrogen (secondary N) is 2. The Morgan fingerprint density at radius 2 is 1.67 bits per heavy atom. The molecule has 0 saturated carbocycles. The molecular formula is C22H14F3N5. The molecule has 0 atom stereocenters. The second-order valence-electron chi connectivity index (χ2n) is 6.72. The van der Waals surface area contributed by atoms with Crippen LogP contribution >= 0.6 is 0 Å². The van der Waals surface area contributed by atoms with Crippen LogP contribution in [-0.2, 0) is 6.18 Å². The zero-order valence-electron chi connectivity index (χ0n) is 15.4. The number of H-pyrrole nitrogens is 1. The maximum Gasteiger partial charge on any atom is 0.417 e. The van der Waals surface area contributed by atoms with Crippen LogP contribution in [0.15, 0.2) is 72.9 Å². The second kappa shape index (κ2) is 6.84. The number of halogens is 3. The molecule has 30 heavy (non-hydrogen) atoms. The van der Waals surface area contributed by atoms with E-state index in [9.17, 15) is 13.2 Å². The van der Waals surface area contributed by atoms with Gasteiger partial charge >= 0.3 is 6.18 Å². The van der Waals surface area contributed by atoms with Gasteiger partial charge in [0.1, 0.15) is 5.52 Å². The zero-order chi connectivity index (χ0) is 20.7. The topological polar surface area (TPSA) is 66.5 Å². The number of nitrogens with zero attached hydrogens (tertiary/aromatic N) is 3. The number of aromatic nitrogens is 4. The van der Waals surface area contributed by atoms with Gasteiger partial charge in [-0.3, -0.25) is 10.1 Å². The first-order chi connectivity index (χ1) is 14.5. The van der Waals surface area contributed by atoms with Crippen molar-refractivity contribution in [3.05, 3.63) is 78.5 Å². The van der Waals surface area contributed by atoms with E-state index >= 15 is 0 Å². The summed E-state index contributed by atoms with van der Waals surface area (Å²) in [6.45, 7) is 0. The minimum atomic E-state index is -4.49. The van der Waals surface area contributed by atoms with E-state index in [0.717, 1.165) is 17.0 Å². The lowest BCUT2D eigenvalue weighted by molar-refractivity contribution is -0.137. The number of rotatable bonds is 3. The van der Waals surface area contributed by atoms with Crippen molar-refractivity contribution in [1.82, 2.24) is 20.2 Å². The van der Waals surface area contributed by atoms with E-state index < -0.39 is 11.7 Å². The van der Waals surface area contributed by atoms with Crippen molar-refractivity contribution >= 4 is 33.4 Å². The molecule has 0 bridgehead atoms. The Balaban J connectivity index is 1.70. The third kappa shape index (κ3) is 3.12. The monoisotopic (exact) mass is 405 g/mol. The third-order valence-corrected chi connectivity index (χ3v) is 4.80. The molecule has 0 aliphatic carbocycles. The van der Waals surface area contributed by atoms with E-state index in [4.69, 9.17) is 0 Å². The van der Waals surface area contributed by atoms with E-state index in [1.807, 2.05) is 24.3 Å². The molecule has 0 radical (unpaired) electrons. The number of fused-ring (bicyclic) bond motifs is 2. The van der Waals surface area contributed by atoms with Crippen molar-refractivity contribution in [3.8, 4) is 11.3 Å². The van der Waals surface area contributed by atoms with E-state index in [1.165, 1.54) is 12.1 Å². The van der Waals surface area contributed by atoms with Gasteiger partial charge in [0, 0.05) is 22.5 Å². The van der Waals surface area contributed by atoms with E-state index in [1.54, 1.807) is 30.5 Å². The summed E-state index contributed by atoms with van der Waals surface area (Å²) >= 11 is 0. The summed E-state index contributed by atoms with van der Waals surface area (Å²) < 4.78 is 40.7. The Bertz CT molecular complexity index is 1370. The number of benzene rings is 2. The summed E-state index contributed by atoms with van der Waals surface area (Å²) in [4.78, 5) is 8.86. The van der Waals surface area contributed by atoms with Crippen LogP contribution in [0.25, 0.3) is 33.1 Å². The molecule has 2 N–H and O–H groups in total. The number of anilines is 2. The van der Waals surface area contributed by atoms with Crippen LogP contribution in [0.2, 0.25) is 0 Å². The molecule has 0 aliphatic rings. The summed E-state index contributed by atoms with van der Waals surface area (Å²) in [6, 6.07) is 18.1. The fraction of sp³-hybridized carbons (Fsp3) is 0.0455. The van der Waals surface area contributed by atoms with Gasteiger partial charge in [0.05, 0.1) is 16.8 Å². The van der Waals surface area contributed by atoms with Crippen LogP contribution in [0.5, 0.6) is 0 Å². The highest BCUT2D eigenvalue weighted by Gasteiger charge is 2.33. The van der Waals surface area contributed by atoms with Crippen molar-refractivity contribution in [2.75, 3.05) is 5.32 Å². The van der Waals surface area contributed by atoms with Crippen LogP contribution in [0, 0.1) is 0 Å². The summed E-state index contributed by atoms with van der Waals surface area (Å²) in [5, 5.41) is 11.8. The quantitative estimate of drug-likeness (QED) is 0.390. The molecule has 0 fully saturated rings. The van der Waals surface area contributed by atoms with E-state index in [-0.39, 0.29) is 11.3 Å². The zero-order valence-corrected chi connectivity index (χ0v) is 15.4. The first kappa shape index (κ1) is 18.1. The molecule has 0 amide bonds. The lowest BCUT2D eigenvalue weighted by Crippen LogP contribution is -2.08. The summed E-state index contributed by atoms with van der Waals surface area (Å²) in [5.41, 5.74) is 0.835. The minimum Gasteiger partial charge on any atom is -0.321 e. The standard InChI is InChI=1S/C22H14F3N5/c23-22(24,25)16-9-3-1-7-14(16)18-12-13-6-5-11-26-19(13)21(27-18)28-20-15-8-2-4-10-17(15)29-30-20/h1-12H,(H2,27,28,29,30). The Morgan fingerprint density at radius 1 is 0.867 bits per heavy atom. The normalized spacial score (nSPS) is 11.8. The molecular weight excluding hydrogens is 391 g/mol. The van der Waals surface area contributed by atoms with Gasteiger partial charge in [-0.25, -0.2) is 4.98 Å². The molecule has 0 saturated heterocycles. The molecule has 3 aromatic heterocycles. The molecule has 5 nitrogen and oxygen atoms in total. The molecule has 8 heteroatoms. The van der Waals surface area contributed by atoms with Gasteiger partial charge in [-0.1, -0.05) is 36.4 Å². The van der Waals surface area contributed by atoms with Crippen LogP contribution in [0.3, 0.4) is 0 Å². The molecule has 5 aromatic rings. The molecule has 3 heterocycles. The predicted octanol–water partition coefficient (Wildman–Crippen LogP) is 5.94. The molecule has 0 unspecified atom stereocenters. The van der Waals surface area contributed by atoms with Gasteiger partial charge in [0.15, 0.2) is 11.6 Å². The van der Waals surface area contributed by atoms with Crippen molar-refractivity contribution in [3.63, 3.8) is 0 Å². The molecule has 0 aliphatic heterocycles. The summed E-state index contributed by atoms with van der Waals surface area (Å²) in [7, 11) is 0. The second-order valence-corrected chi connectivity index (χ2v) is 6.72. The van der Waals surface area contributed by atoms with Crippen LogP contribution in [0.1, 0.15) is 5.56 Å². The highest BCUT2D eigenvalue weighted by molar-refractivity contribution is 5.97. The van der Waals surface area contributed by atoms with Gasteiger partial charge < -0.3 is 5.32 Å². The number of hydrogen-bond acceptors (Lipinski definition) is 4.